The first kappa shape index (κ1) is 20.2. The Morgan fingerprint density at radius 3 is 2.76 bits per heavy atom. The molecule has 2 amide bonds. The quantitative estimate of drug-likeness (QED) is 0.604. The lowest BCUT2D eigenvalue weighted by molar-refractivity contribution is -0.126. The molecule has 33 heavy (non-hydrogen) atoms. The molecule has 3 aromatic rings. The summed E-state index contributed by atoms with van der Waals surface area (Å²) in [6, 6.07) is 6.32. The van der Waals surface area contributed by atoms with E-state index in [2.05, 4.69) is 29.8 Å². The van der Waals surface area contributed by atoms with E-state index in [9.17, 15) is 9.59 Å². The van der Waals surface area contributed by atoms with Crippen molar-refractivity contribution in [2.45, 2.75) is 52.0 Å². The zero-order chi connectivity index (χ0) is 22.9. The molecule has 6 heteroatoms. The summed E-state index contributed by atoms with van der Waals surface area (Å²) in [5, 5.41) is 1.12. The van der Waals surface area contributed by atoms with Gasteiger partial charge in [0.05, 0.1) is 5.52 Å². The summed E-state index contributed by atoms with van der Waals surface area (Å²) in [4.78, 5) is 34.6. The first-order chi connectivity index (χ1) is 15.9. The van der Waals surface area contributed by atoms with E-state index in [1.807, 2.05) is 11.8 Å². The van der Waals surface area contributed by atoms with Gasteiger partial charge in [0.15, 0.2) is 5.69 Å². The summed E-state index contributed by atoms with van der Waals surface area (Å²) in [6.45, 7) is 6.86. The predicted molar refractivity (Wildman–Crippen MR) is 128 cm³/mol. The molecule has 1 aromatic carbocycles. The fourth-order valence-corrected chi connectivity index (χ4v) is 6.04. The average molecular weight is 441 g/mol. The van der Waals surface area contributed by atoms with Crippen LogP contribution in [0.4, 0.5) is 0 Å². The van der Waals surface area contributed by atoms with Crippen molar-refractivity contribution in [1.82, 2.24) is 14.9 Å². The number of aromatic nitrogens is 2. The SMILES string of the molecule is C=CC(=O)N1CCc2c(cccc2-c2c(C)nc(C(N)=O)c3[nH]c4c(c23)CC2(CC4)CC2)C1. The van der Waals surface area contributed by atoms with Crippen LogP contribution in [0.25, 0.3) is 22.0 Å². The maximum Gasteiger partial charge on any atom is 0.269 e. The number of primary amides is 1. The Balaban J connectivity index is 1.59. The van der Waals surface area contributed by atoms with Crippen molar-refractivity contribution in [3.63, 3.8) is 0 Å². The lowest BCUT2D eigenvalue weighted by Gasteiger charge is -2.30. The van der Waals surface area contributed by atoms with Crippen molar-refractivity contribution in [2.24, 2.45) is 11.1 Å². The molecule has 2 aromatic heterocycles. The molecule has 3 heterocycles. The van der Waals surface area contributed by atoms with Gasteiger partial charge < -0.3 is 15.6 Å². The molecule has 1 spiro atoms. The average Bonchev–Trinajstić information content (AvgIpc) is 3.47. The number of carbonyl (C=O) groups is 2. The normalized spacial score (nSPS) is 18.2. The van der Waals surface area contributed by atoms with Gasteiger partial charge in [-0.15, -0.1) is 0 Å². The summed E-state index contributed by atoms with van der Waals surface area (Å²) in [5.74, 6) is -0.533. The molecule has 168 valence electrons. The zero-order valence-electron chi connectivity index (χ0n) is 19.0. The molecule has 1 aliphatic heterocycles. The highest BCUT2D eigenvalue weighted by molar-refractivity contribution is 6.10. The molecule has 3 aliphatic rings. The number of nitrogens with two attached hydrogens (primary N) is 1. The summed E-state index contributed by atoms with van der Waals surface area (Å²) >= 11 is 0. The lowest BCUT2D eigenvalue weighted by Crippen LogP contribution is -2.34. The summed E-state index contributed by atoms with van der Waals surface area (Å²) < 4.78 is 0. The van der Waals surface area contributed by atoms with Crippen LogP contribution in [0, 0.1) is 12.3 Å². The van der Waals surface area contributed by atoms with Crippen LogP contribution in [0.5, 0.6) is 0 Å². The molecule has 1 fully saturated rings. The van der Waals surface area contributed by atoms with E-state index in [0.29, 0.717) is 24.2 Å². The van der Waals surface area contributed by atoms with Gasteiger partial charge in [-0.05, 0) is 79.2 Å². The van der Waals surface area contributed by atoms with Crippen LogP contribution in [0.3, 0.4) is 0 Å². The summed E-state index contributed by atoms with van der Waals surface area (Å²) in [5.41, 5.74) is 15.4. The number of amides is 2. The van der Waals surface area contributed by atoms with Crippen molar-refractivity contribution < 1.29 is 9.59 Å². The van der Waals surface area contributed by atoms with Crippen LogP contribution in [0.1, 0.15) is 57.8 Å². The third-order valence-corrected chi connectivity index (χ3v) is 7.99. The first-order valence-electron chi connectivity index (χ1n) is 11.8. The number of aromatic amines is 1. The number of nitrogens with zero attached hydrogens (tertiary/aromatic N) is 2. The zero-order valence-corrected chi connectivity index (χ0v) is 19.0. The molecule has 6 rings (SSSR count). The van der Waals surface area contributed by atoms with Gasteiger partial charge in [-0.1, -0.05) is 24.8 Å². The van der Waals surface area contributed by atoms with Gasteiger partial charge in [-0.3, -0.25) is 9.59 Å². The van der Waals surface area contributed by atoms with Crippen molar-refractivity contribution in [2.75, 3.05) is 6.54 Å². The first-order valence-corrected chi connectivity index (χ1v) is 11.8. The van der Waals surface area contributed by atoms with Gasteiger partial charge in [0.1, 0.15) is 0 Å². The number of hydrogen-bond acceptors (Lipinski definition) is 3. The molecule has 2 aliphatic carbocycles. The van der Waals surface area contributed by atoms with E-state index in [-0.39, 0.29) is 5.91 Å². The van der Waals surface area contributed by atoms with E-state index in [1.54, 1.807) is 0 Å². The highest BCUT2D eigenvalue weighted by Gasteiger charge is 2.46. The number of carbonyl (C=O) groups excluding carboxylic acids is 2. The standard InChI is InChI=1S/C27H28N4O2/c1-3-21(32)31-12-8-17-16(14-31)5-4-6-18(17)22-15(2)29-25(26(28)33)24-23(22)19-13-27(10-11-27)9-7-20(19)30-24/h3-6,30H,1,7-14H2,2H3,(H2,28,33). The third kappa shape index (κ3) is 3.04. The van der Waals surface area contributed by atoms with Crippen LogP contribution >= 0.6 is 0 Å². The number of rotatable bonds is 3. The fraction of sp³-hybridized carbons (Fsp3) is 0.370. The van der Waals surface area contributed by atoms with Gasteiger partial charge in [0.2, 0.25) is 5.91 Å². The molecule has 0 radical (unpaired) electrons. The maximum absolute atomic E-state index is 12.3. The van der Waals surface area contributed by atoms with Gasteiger partial charge in [-0.2, -0.15) is 0 Å². The number of H-pyrrole nitrogens is 1. The van der Waals surface area contributed by atoms with Gasteiger partial charge in [0.25, 0.3) is 5.91 Å². The van der Waals surface area contributed by atoms with E-state index in [1.165, 1.54) is 42.2 Å². The highest BCUT2D eigenvalue weighted by Crippen LogP contribution is 2.56. The second kappa shape index (κ2) is 7.04. The molecule has 0 atom stereocenters. The van der Waals surface area contributed by atoms with Crippen molar-refractivity contribution in [1.29, 1.82) is 0 Å². The molecule has 3 N–H and O–H groups in total. The Hall–Kier alpha value is -3.41. The highest BCUT2D eigenvalue weighted by atomic mass is 16.2. The number of pyridine rings is 1. The summed E-state index contributed by atoms with van der Waals surface area (Å²) in [7, 11) is 0. The van der Waals surface area contributed by atoms with Gasteiger partial charge in [-0.25, -0.2) is 4.98 Å². The Labute approximate surface area is 192 Å². The Kier molecular flexibility index (Phi) is 4.31. The van der Waals surface area contributed by atoms with Crippen LogP contribution in [0.15, 0.2) is 30.9 Å². The molecule has 0 saturated heterocycles. The maximum atomic E-state index is 12.3. The topological polar surface area (TPSA) is 92.1 Å². The number of hydrogen-bond donors (Lipinski definition) is 2. The van der Waals surface area contributed by atoms with E-state index in [4.69, 9.17) is 10.7 Å². The van der Waals surface area contributed by atoms with Crippen LogP contribution in [-0.2, 0) is 30.6 Å². The Morgan fingerprint density at radius 1 is 1.21 bits per heavy atom. The van der Waals surface area contributed by atoms with Crippen molar-refractivity contribution in [3.8, 4) is 11.1 Å². The molecular weight excluding hydrogens is 412 g/mol. The number of benzene rings is 1. The van der Waals surface area contributed by atoms with E-state index >= 15 is 0 Å². The van der Waals surface area contributed by atoms with Gasteiger partial charge >= 0.3 is 0 Å². The minimum Gasteiger partial charge on any atom is -0.364 e. The minimum atomic E-state index is -0.497. The Morgan fingerprint density at radius 2 is 2.03 bits per heavy atom. The van der Waals surface area contributed by atoms with E-state index in [0.717, 1.165) is 52.5 Å². The van der Waals surface area contributed by atoms with Gasteiger partial charge in [0, 0.05) is 35.4 Å². The molecule has 6 nitrogen and oxygen atoms in total. The third-order valence-electron chi connectivity index (χ3n) is 7.99. The van der Waals surface area contributed by atoms with E-state index < -0.39 is 5.91 Å². The van der Waals surface area contributed by atoms with Crippen molar-refractivity contribution in [3.05, 3.63) is 64.6 Å². The smallest absolute Gasteiger partial charge is 0.269 e. The monoisotopic (exact) mass is 440 g/mol. The predicted octanol–water partition coefficient (Wildman–Crippen LogP) is 3.98. The minimum absolute atomic E-state index is 0.0356. The van der Waals surface area contributed by atoms with Crippen molar-refractivity contribution >= 4 is 22.7 Å². The second-order valence-corrected chi connectivity index (χ2v) is 9.95. The molecular formula is C27H28N4O2. The van der Waals surface area contributed by atoms with Crippen LogP contribution in [-0.4, -0.2) is 33.2 Å². The summed E-state index contributed by atoms with van der Waals surface area (Å²) in [6.07, 6.45) is 7.99. The van der Waals surface area contributed by atoms with Crippen LogP contribution in [0.2, 0.25) is 0 Å². The number of nitrogens with one attached hydrogen (secondary N) is 1. The number of aryl methyl sites for hydroxylation is 2. The Bertz CT molecular complexity index is 1360. The largest absolute Gasteiger partial charge is 0.364 e. The lowest BCUT2D eigenvalue weighted by atomic mass is 9.81. The fourth-order valence-electron chi connectivity index (χ4n) is 6.04. The van der Waals surface area contributed by atoms with Crippen LogP contribution < -0.4 is 5.73 Å². The molecule has 0 unspecified atom stereocenters. The second-order valence-electron chi connectivity index (χ2n) is 9.95. The molecule has 1 saturated carbocycles. The number of fused-ring (bicyclic) bond motifs is 4. The molecule has 0 bridgehead atoms.